The normalized spacial score (nSPS) is 19.9. The number of anilines is 1. The van der Waals surface area contributed by atoms with Crippen LogP contribution >= 0.6 is 15.9 Å². The van der Waals surface area contributed by atoms with Crippen molar-refractivity contribution < 1.29 is 23.1 Å². The molecule has 1 aliphatic rings. The summed E-state index contributed by atoms with van der Waals surface area (Å²) in [5.41, 5.74) is -0.0740. The Balaban J connectivity index is 2.54. The molecule has 1 aromatic rings. The Morgan fingerprint density at radius 3 is 2.42 bits per heavy atom. The zero-order chi connectivity index (χ0) is 14.6. The number of carboxylic acid groups (broad SMARTS) is 1. The second-order valence-electron chi connectivity index (χ2n) is 4.55. The van der Waals surface area contributed by atoms with E-state index < -0.39 is 26.6 Å². The largest absolute Gasteiger partial charge is 0.478 e. The van der Waals surface area contributed by atoms with E-state index in [1.165, 1.54) is 26.0 Å². The minimum absolute atomic E-state index is 0.0323. The lowest BCUT2D eigenvalue weighted by atomic mass is 10.1. The van der Waals surface area contributed by atoms with Gasteiger partial charge < -0.3 is 5.11 Å². The van der Waals surface area contributed by atoms with Crippen molar-refractivity contribution in [3.63, 3.8) is 0 Å². The molecular weight excluding hydrogens is 338 g/mol. The van der Waals surface area contributed by atoms with Crippen molar-refractivity contribution in [2.75, 3.05) is 4.31 Å². The molecule has 102 valence electrons. The maximum atomic E-state index is 12.0. The van der Waals surface area contributed by atoms with Crippen LogP contribution in [0.15, 0.2) is 22.7 Å². The zero-order valence-corrected chi connectivity index (χ0v) is 12.4. The van der Waals surface area contributed by atoms with Crippen molar-refractivity contribution in [3.8, 4) is 0 Å². The number of nitrogens with zero attached hydrogens (tertiary/aromatic N) is 1. The predicted octanol–water partition coefficient (Wildman–Crippen LogP) is 1.60. The Labute approximate surface area is 118 Å². The lowest BCUT2D eigenvalue weighted by Gasteiger charge is -2.42. The van der Waals surface area contributed by atoms with Crippen LogP contribution in [0.4, 0.5) is 5.69 Å². The molecule has 0 aliphatic carbocycles. The SMILES string of the molecule is CC1(C)C(=O)N(c2ccc(Br)c(C(=O)O)c2)S1(=O)=O. The second-order valence-corrected chi connectivity index (χ2v) is 7.74. The van der Waals surface area contributed by atoms with Gasteiger partial charge in [-0.25, -0.2) is 17.5 Å². The molecule has 1 heterocycles. The van der Waals surface area contributed by atoms with Gasteiger partial charge in [0.25, 0.3) is 15.9 Å². The molecule has 2 rings (SSSR count). The summed E-state index contributed by atoms with van der Waals surface area (Å²) in [6, 6.07) is 3.92. The van der Waals surface area contributed by atoms with Gasteiger partial charge in [0.05, 0.1) is 11.3 Å². The fraction of sp³-hybridized carbons (Fsp3) is 0.273. The van der Waals surface area contributed by atoms with E-state index in [1.54, 1.807) is 0 Å². The van der Waals surface area contributed by atoms with Crippen LogP contribution in [0.1, 0.15) is 24.2 Å². The van der Waals surface area contributed by atoms with Crippen molar-refractivity contribution in [1.29, 1.82) is 0 Å². The first kappa shape index (κ1) is 14.0. The van der Waals surface area contributed by atoms with Gasteiger partial charge in [-0.05, 0) is 48.0 Å². The summed E-state index contributed by atoms with van der Waals surface area (Å²) in [7, 11) is -3.78. The molecule has 0 atom stereocenters. The number of sulfonamides is 1. The molecule has 0 bridgehead atoms. The number of halogens is 1. The molecule has 1 N–H and O–H groups in total. The maximum Gasteiger partial charge on any atom is 0.336 e. The standard InChI is InChI=1S/C11H10BrNO5S/c1-11(2)10(16)13(19(11,17)18)6-3-4-8(12)7(5-6)9(14)15/h3-5H,1-2H3,(H,14,15). The first-order chi connectivity index (χ1) is 8.60. The van der Waals surface area contributed by atoms with Gasteiger partial charge in [0.15, 0.2) is 4.75 Å². The van der Waals surface area contributed by atoms with E-state index in [9.17, 15) is 18.0 Å². The molecule has 0 radical (unpaired) electrons. The van der Waals surface area contributed by atoms with Crippen molar-refractivity contribution in [3.05, 3.63) is 28.2 Å². The molecule has 0 unspecified atom stereocenters. The van der Waals surface area contributed by atoms with E-state index in [0.29, 0.717) is 8.78 Å². The zero-order valence-electron chi connectivity index (χ0n) is 10.0. The molecular formula is C11H10BrNO5S. The van der Waals surface area contributed by atoms with E-state index in [4.69, 9.17) is 5.11 Å². The molecule has 0 aromatic heterocycles. The third-order valence-corrected chi connectivity index (χ3v) is 6.01. The monoisotopic (exact) mass is 347 g/mol. The Bertz CT molecular complexity index is 695. The summed E-state index contributed by atoms with van der Waals surface area (Å²) in [5.74, 6) is -1.79. The second kappa shape index (κ2) is 4.04. The van der Waals surface area contributed by atoms with Crippen LogP contribution in [0.2, 0.25) is 0 Å². The average Bonchev–Trinajstić information content (AvgIpc) is 2.30. The van der Waals surface area contributed by atoms with Gasteiger partial charge in [-0.2, -0.15) is 0 Å². The summed E-state index contributed by atoms with van der Waals surface area (Å²) in [5, 5.41) is 8.98. The van der Waals surface area contributed by atoms with Crippen LogP contribution in [0.25, 0.3) is 0 Å². The molecule has 1 aliphatic heterocycles. The third-order valence-electron chi connectivity index (χ3n) is 3.00. The van der Waals surface area contributed by atoms with Gasteiger partial charge in [0, 0.05) is 4.47 Å². The lowest BCUT2D eigenvalue weighted by molar-refractivity contribution is -0.120. The Hall–Kier alpha value is -1.41. The highest BCUT2D eigenvalue weighted by Gasteiger charge is 2.60. The van der Waals surface area contributed by atoms with Crippen molar-refractivity contribution in [2.24, 2.45) is 0 Å². The van der Waals surface area contributed by atoms with E-state index in [2.05, 4.69) is 15.9 Å². The highest BCUT2D eigenvalue weighted by molar-refractivity contribution is 9.10. The van der Waals surface area contributed by atoms with E-state index in [0.717, 1.165) is 6.07 Å². The summed E-state index contributed by atoms with van der Waals surface area (Å²) in [6.07, 6.45) is 0. The minimum atomic E-state index is -3.78. The molecule has 0 spiro atoms. The van der Waals surface area contributed by atoms with E-state index >= 15 is 0 Å². The first-order valence-corrected chi connectivity index (χ1v) is 7.46. The summed E-state index contributed by atoms with van der Waals surface area (Å²) >= 11 is 3.05. The van der Waals surface area contributed by atoms with E-state index in [1.807, 2.05) is 0 Å². The fourth-order valence-electron chi connectivity index (χ4n) is 1.71. The number of hydrogen-bond donors (Lipinski definition) is 1. The number of benzene rings is 1. The first-order valence-electron chi connectivity index (χ1n) is 5.23. The van der Waals surface area contributed by atoms with Gasteiger partial charge in [0.2, 0.25) is 0 Å². The quantitative estimate of drug-likeness (QED) is 0.877. The minimum Gasteiger partial charge on any atom is -0.478 e. The van der Waals surface area contributed by atoms with Crippen molar-refractivity contribution >= 4 is 43.5 Å². The summed E-state index contributed by atoms with van der Waals surface area (Å²) in [4.78, 5) is 22.8. The van der Waals surface area contributed by atoms with Crippen LogP contribution in [-0.2, 0) is 14.8 Å². The molecule has 1 aromatic carbocycles. The van der Waals surface area contributed by atoms with Gasteiger partial charge >= 0.3 is 5.97 Å². The fourth-order valence-corrected chi connectivity index (χ4v) is 3.60. The van der Waals surface area contributed by atoms with Crippen molar-refractivity contribution in [1.82, 2.24) is 0 Å². The number of carbonyl (C=O) groups excluding carboxylic acids is 1. The van der Waals surface area contributed by atoms with E-state index in [-0.39, 0.29) is 11.3 Å². The lowest BCUT2D eigenvalue weighted by Crippen LogP contribution is -2.67. The smallest absolute Gasteiger partial charge is 0.336 e. The van der Waals surface area contributed by atoms with Crippen LogP contribution in [-0.4, -0.2) is 30.1 Å². The van der Waals surface area contributed by atoms with Crippen LogP contribution in [0, 0.1) is 0 Å². The number of rotatable bonds is 2. The van der Waals surface area contributed by atoms with Crippen LogP contribution in [0.5, 0.6) is 0 Å². The molecule has 8 heteroatoms. The summed E-state index contributed by atoms with van der Waals surface area (Å²) in [6.45, 7) is 2.64. The molecule has 19 heavy (non-hydrogen) atoms. The topological polar surface area (TPSA) is 91.8 Å². The van der Waals surface area contributed by atoms with Crippen molar-refractivity contribution in [2.45, 2.75) is 18.6 Å². The van der Waals surface area contributed by atoms with Gasteiger partial charge in [0.1, 0.15) is 0 Å². The number of hydrogen-bond acceptors (Lipinski definition) is 4. The predicted molar refractivity (Wildman–Crippen MR) is 71.6 cm³/mol. The number of carboxylic acids is 1. The number of carbonyl (C=O) groups is 2. The van der Waals surface area contributed by atoms with Gasteiger partial charge in [-0.1, -0.05) is 0 Å². The number of amides is 1. The Kier molecular flexibility index (Phi) is 2.98. The molecule has 0 saturated carbocycles. The average molecular weight is 348 g/mol. The van der Waals surface area contributed by atoms with Gasteiger partial charge in [-0.3, -0.25) is 4.79 Å². The third kappa shape index (κ3) is 1.78. The summed E-state index contributed by atoms with van der Waals surface area (Å²) < 4.78 is 23.5. The Morgan fingerprint density at radius 2 is 1.95 bits per heavy atom. The molecule has 1 saturated heterocycles. The van der Waals surface area contributed by atoms with Crippen LogP contribution < -0.4 is 4.31 Å². The maximum absolute atomic E-state index is 12.0. The molecule has 1 fully saturated rings. The highest BCUT2D eigenvalue weighted by atomic mass is 79.9. The molecule has 6 nitrogen and oxygen atoms in total. The van der Waals surface area contributed by atoms with Gasteiger partial charge in [-0.15, -0.1) is 0 Å². The Morgan fingerprint density at radius 1 is 1.37 bits per heavy atom. The molecule has 1 amide bonds. The number of aromatic carboxylic acids is 1. The highest BCUT2D eigenvalue weighted by Crippen LogP contribution is 2.39. The van der Waals surface area contributed by atoms with Crippen LogP contribution in [0.3, 0.4) is 0 Å².